The van der Waals surface area contributed by atoms with Gasteiger partial charge in [-0.05, 0) is 126 Å². The van der Waals surface area contributed by atoms with Gasteiger partial charge >= 0.3 is 0 Å². The molecule has 308 valence electrons. The lowest BCUT2D eigenvalue weighted by Gasteiger charge is -2.11. The molecule has 1 N–H and O–H groups in total. The quantitative estimate of drug-likeness (QED) is 0.0310. The van der Waals surface area contributed by atoms with Crippen molar-refractivity contribution in [3.63, 3.8) is 0 Å². The fraction of sp³-hybridized carbons (Fsp3) is 0.200. The third kappa shape index (κ3) is 15.6. The van der Waals surface area contributed by atoms with Crippen LogP contribution in [0, 0.1) is 0 Å². The number of nitrogens with one attached hydrogen (secondary N) is 1. The Morgan fingerprint density at radius 2 is 1.33 bits per heavy atom. The number of hydrogen-bond donors (Lipinski definition) is 1. The number of hydrogen-bond acceptors (Lipinski definition) is 4. The van der Waals surface area contributed by atoms with Gasteiger partial charge in [0.05, 0.1) is 13.1 Å². The fourth-order valence-electron chi connectivity index (χ4n) is 6.29. The number of unbranched alkanes of at least 4 members (excludes halogenated alkanes) is 1. The summed E-state index contributed by atoms with van der Waals surface area (Å²) < 4.78 is 0. The number of rotatable bonds is 18. The molecular weight excluding hydrogens is 731 g/mol. The van der Waals surface area contributed by atoms with Crippen molar-refractivity contribution in [3.05, 3.63) is 199 Å². The van der Waals surface area contributed by atoms with Gasteiger partial charge in [-0.1, -0.05) is 155 Å². The monoisotopic (exact) mass is 794 g/mol. The van der Waals surface area contributed by atoms with E-state index < -0.39 is 0 Å². The van der Waals surface area contributed by atoms with Gasteiger partial charge in [-0.15, -0.1) is 6.58 Å². The number of anilines is 1. The highest BCUT2D eigenvalue weighted by atomic mass is 14.9. The van der Waals surface area contributed by atoms with Crippen LogP contribution in [0.2, 0.25) is 0 Å². The molecule has 0 saturated carbocycles. The van der Waals surface area contributed by atoms with E-state index in [4.69, 9.17) is 0 Å². The standard InChI is InChI=1S/C27H28N2.C26H29N3.C2H6/c1-4-9-22(5-2)24-16-18-26(19-17-24)27(28-3)29-20-21-12-14-25(15-13-21)23-10-7-6-8-11-23;1-5-7-8-9-10-23(20-29-15-6-2)25-17-21(19-27-3)16-24(18-25)22-11-13-26(28-4)14-12-22;1-2/h5-8,10-19H,3-4,9,20H2,1-2H3;5-6,9-18,20,28H,1-3,7-8,19H2,4H3;1-2H3/b22-5+,29-27?;10-9-,23-20+,29-15?;. The largest absolute Gasteiger partial charge is 0.388 e. The molecular formula is C55H63N5. The Kier molecular flexibility index (Phi) is 22.1. The first-order valence-corrected chi connectivity index (χ1v) is 20.8. The molecule has 0 heterocycles. The Bertz CT molecular complexity index is 2220. The van der Waals surface area contributed by atoms with Gasteiger partial charge in [0.2, 0.25) is 0 Å². The molecule has 0 bridgehead atoms. The van der Waals surface area contributed by atoms with Gasteiger partial charge in [-0.3, -0.25) is 15.0 Å². The summed E-state index contributed by atoms with van der Waals surface area (Å²) >= 11 is 0. The van der Waals surface area contributed by atoms with Gasteiger partial charge < -0.3 is 5.32 Å². The van der Waals surface area contributed by atoms with Gasteiger partial charge in [0, 0.05) is 30.7 Å². The average Bonchev–Trinajstić information content (AvgIpc) is 3.31. The van der Waals surface area contributed by atoms with Crippen molar-refractivity contribution in [2.45, 2.75) is 66.5 Å². The number of aliphatic imine (C=N–C) groups is 4. The smallest absolute Gasteiger partial charge is 0.154 e. The van der Waals surface area contributed by atoms with Crippen LogP contribution in [0.3, 0.4) is 0 Å². The highest BCUT2D eigenvalue weighted by Gasteiger charge is 2.08. The SMILES string of the molecule is C=CC=N/C=C(\C=C/CCC=C)c1cc(CN=C)cc(-c2ccc(NC)cc2)c1.C=NC(=NCc1ccc(-c2ccccc2)cc1)c1ccc(/C(=C/C)CCC)cc1.CC. The van der Waals surface area contributed by atoms with Crippen molar-refractivity contribution >= 4 is 42.3 Å². The van der Waals surface area contributed by atoms with E-state index in [1.807, 2.05) is 39.2 Å². The molecule has 60 heavy (non-hydrogen) atoms. The fourth-order valence-corrected chi connectivity index (χ4v) is 6.29. The van der Waals surface area contributed by atoms with Gasteiger partial charge in [0.1, 0.15) is 0 Å². The van der Waals surface area contributed by atoms with Crippen molar-refractivity contribution in [2.75, 3.05) is 12.4 Å². The molecule has 5 aromatic carbocycles. The third-order valence-corrected chi connectivity index (χ3v) is 9.37. The van der Waals surface area contributed by atoms with Gasteiger partial charge in [-0.25, -0.2) is 4.99 Å². The van der Waals surface area contributed by atoms with Gasteiger partial charge in [0.15, 0.2) is 5.84 Å². The molecule has 0 amide bonds. The number of allylic oxidation sites excluding steroid dienone is 7. The Hall–Kier alpha value is -6.72. The molecule has 0 saturated heterocycles. The Labute approximate surface area is 360 Å². The van der Waals surface area contributed by atoms with Crippen LogP contribution in [-0.2, 0) is 13.1 Å². The van der Waals surface area contributed by atoms with Gasteiger partial charge in [0.25, 0.3) is 0 Å². The summed E-state index contributed by atoms with van der Waals surface area (Å²) in [5.74, 6) is 0.682. The summed E-state index contributed by atoms with van der Waals surface area (Å²) in [7, 11) is 1.92. The van der Waals surface area contributed by atoms with E-state index in [1.54, 1.807) is 12.3 Å². The van der Waals surface area contributed by atoms with E-state index in [1.165, 1.54) is 22.3 Å². The highest BCUT2D eigenvalue weighted by Crippen LogP contribution is 2.29. The summed E-state index contributed by atoms with van der Waals surface area (Å²) in [6.45, 7) is 24.3. The van der Waals surface area contributed by atoms with Crippen molar-refractivity contribution < 1.29 is 0 Å². The molecule has 0 aliphatic heterocycles. The van der Waals surface area contributed by atoms with Crippen molar-refractivity contribution in [3.8, 4) is 22.3 Å². The Balaban J connectivity index is 0.000000308. The van der Waals surface area contributed by atoms with E-state index >= 15 is 0 Å². The van der Waals surface area contributed by atoms with Crippen molar-refractivity contribution in [1.29, 1.82) is 0 Å². The highest BCUT2D eigenvalue weighted by molar-refractivity contribution is 6.01. The summed E-state index contributed by atoms with van der Waals surface area (Å²) in [4.78, 5) is 17.3. The molecule has 0 aliphatic rings. The van der Waals surface area contributed by atoms with E-state index in [2.05, 4.69) is 199 Å². The molecule has 0 unspecified atom stereocenters. The van der Waals surface area contributed by atoms with Gasteiger partial charge in [-0.2, -0.15) is 0 Å². The first-order chi connectivity index (χ1) is 29.5. The zero-order valence-electron chi connectivity index (χ0n) is 36.4. The molecule has 0 radical (unpaired) electrons. The minimum absolute atomic E-state index is 0.568. The minimum Gasteiger partial charge on any atom is -0.388 e. The zero-order valence-corrected chi connectivity index (χ0v) is 36.4. The second kappa shape index (κ2) is 27.8. The molecule has 5 heteroatoms. The number of nitrogens with zero attached hydrogens (tertiary/aromatic N) is 4. The lowest BCUT2D eigenvalue weighted by molar-refractivity contribution is 0.972. The molecule has 0 aliphatic carbocycles. The van der Waals surface area contributed by atoms with Crippen LogP contribution in [0.5, 0.6) is 0 Å². The molecule has 5 nitrogen and oxygen atoms in total. The molecule has 0 spiro atoms. The second-order valence-corrected chi connectivity index (χ2v) is 13.5. The molecule has 0 fully saturated rings. The lowest BCUT2D eigenvalue weighted by atomic mass is 9.95. The van der Waals surface area contributed by atoms with E-state index in [-0.39, 0.29) is 0 Å². The molecule has 0 aromatic heterocycles. The predicted molar refractivity (Wildman–Crippen MR) is 268 cm³/mol. The van der Waals surface area contributed by atoms with Crippen LogP contribution in [0.15, 0.2) is 191 Å². The Morgan fingerprint density at radius 3 is 1.93 bits per heavy atom. The third-order valence-electron chi connectivity index (χ3n) is 9.37. The van der Waals surface area contributed by atoms with E-state index in [0.717, 1.165) is 70.3 Å². The summed E-state index contributed by atoms with van der Waals surface area (Å²) in [5.41, 5.74) is 13.8. The topological polar surface area (TPSA) is 61.5 Å². The molecule has 0 atom stereocenters. The first-order valence-electron chi connectivity index (χ1n) is 20.8. The van der Waals surface area contributed by atoms with Crippen LogP contribution >= 0.6 is 0 Å². The van der Waals surface area contributed by atoms with Crippen LogP contribution in [0.4, 0.5) is 5.69 Å². The maximum atomic E-state index is 4.69. The zero-order chi connectivity index (χ0) is 43.4. The van der Waals surface area contributed by atoms with Crippen LogP contribution < -0.4 is 5.32 Å². The van der Waals surface area contributed by atoms with Crippen LogP contribution in [0.1, 0.15) is 81.2 Å². The first kappa shape index (κ1) is 47.7. The molecule has 5 rings (SSSR count). The minimum atomic E-state index is 0.568. The number of benzene rings is 5. The van der Waals surface area contributed by atoms with Crippen LogP contribution in [0.25, 0.3) is 33.4 Å². The van der Waals surface area contributed by atoms with E-state index in [9.17, 15) is 0 Å². The maximum absolute atomic E-state index is 4.69. The molecule has 5 aromatic rings. The lowest BCUT2D eigenvalue weighted by Crippen LogP contribution is -1.98. The second-order valence-electron chi connectivity index (χ2n) is 13.5. The van der Waals surface area contributed by atoms with Crippen molar-refractivity contribution in [1.82, 2.24) is 0 Å². The van der Waals surface area contributed by atoms with Crippen molar-refractivity contribution in [2.24, 2.45) is 20.0 Å². The van der Waals surface area contributed by atoms with Crippen LogP contribution in [-0.4, -0.2) is 32.5 Å². The van der Waals surface area contributed by atoms with E-state index in [0.29, 0.717) is 18.9 Å². The number of amidine groups is 1. The normalized spacial score (nSPS) is 11.6. The summed E-state index contributed by atoms with van der Waals surface area (Å²) in [6, 6.07) is 42.3. The Morgan fingerprint density at radius 1 is 0.683 bits per heavy atom. The summed E-state index contributed by atoms with van der Waals surface area (Å²) in [6.07, 6.45) is 17.7. The summed E-state index contributed by atoms with van der Waals surface area (Å²) in [5, 5.41) is 3.16. The maximum Gasteiger partial charge on any atom is 0.154 e. The average molecular weight is 794 g/mol. The predicted octanol–water partition coefficient (Wildman–Crippen LogP) is 14.9.